The number of nitriles is 1. The second-order valence-corrected chi connectivity index (χ2v) is 7.64. The summed E-state index contributed by atoms with van der Waals surface area (Å²) in [7, 11) is 1.43. The Morgan fingerprint density at radius 1 is 1.11 bits per heavy atom. The fourth-order valence-corrected chi connectivity index (χ4v) is 3.80. The summed E-state index contributed by atoms with van der Waals surface area (Å²) in [6.07, 6.45) is 0. The number of carbonyl (C=O) groups excluding carboxylic acids is 2. The predicted molar refractivity (Wildman–Crippen MR) is 111 cm³/mol. The second-order valence-electron chi connectivity index (χ2n) is 5.23. The normalized spacial score (nSPS) is 9.82. The van der Waals surface area contributed by atoms with Gasteiger partial charge in [-0.3, -0.25) is 9.59 Å². The number of carbonyl (C=O) groups is 2. The lowest BCUT2D eigenvalue weighted by Gasteiger charge is -2.10. The summed E-state index contributed by atoms with van der Waals surface area (Å²) in [5.74, 6) is -1.40. The summed E-state index contributed by atoms with van der Waals surface area (Å²) < 4.78 is 18.3. The maximum absolute atomic E-state index is 13.0. The van der Waals surface area contributed by atoms with E-state index in [-0.39, 0.29) is 37.2 Å². The predicted octanol–water partition coefficient (Wildman–Crippen LogP) is 6.34. The van der Waals surface area contributed by atoms with Gasteiger partial charge in [0.2, 0.25) is 0 Å². The number of rotatable bonds is 3. The van der Waals surface area contributed by atoms with Crippen LogP contribution < -0.4 is 4.74 Å². The number of ether oxygens (including phenoxy) is 1. The van der Waals surface area contributed by atoms with E-state index < -0.39 is 11.6 Å². The number of phenols is 1. The Balaban J connectivity index is 0.000000283. The minimum atomic E-state index is -0.774. The van der Waals surface area contributed by atoms with Gasteiger partial charge >= 0.3 is 0 Å². The van der Waals surface area contributed by atoms with Gasteiger partial charge in [0.15, 0.2) is 17.4 Å². The Morgan fingerprint density at radius 3 is 2.04 bits per heavy atom. The molecule has 0 atom stereocenters. The maximum Gasteiger partial charge on any atom is 0.163 e. The largest absolute Gasteiger partial charge is 0.506 e. The summed E-state index contributed by atoms with van der Waals surface area (Å²) >= 11 is 17.3. The third-order valence-electron chi connectivity index (χ3n) is 3.38. The van der Waals surface area contributed by atoms with Crippen LogP contribution in [-0.4, -0.2) is 23.8 Å². The molecule has 0 saturated heterocycles. The van der Waals surface area contributed by atoms with Crippen molar-refractivity contribution in [1.82, 2.24) is 0 Å². The molecule has 28 heavy (non-hydrogen) atoms. The lowest BCUT2D eigenvalue weighted by molar-refractivity contribution is 0.100. The van der Waals surface area contributed by atoms with Gasteiger partial charge in [-0.25, -0.2) is 4.39 Å². The van der Waals surface area contributed by atoms with Gasteiger partial charge in [-0.05, 0) is 57.8 Å². The number of halogens is 5. The van der Waals surface area contributed by atoms with Crippen molar-refractivity contribution >= 4 is 66.6 Å². The van der Waals surface area contributed by atoms with Crippen LogP contribution >= 0.6 is 55.1 Å². The van der Waals surface area contributed by atoms with Crippen LogP contribution in [-0.2, 0) is 0 Å². The molecule has 0 aliphatic heterocycles. The van der Waals surface area contributed by atoms with Crippen molar-refractivity contribution in [1.29, 1.82) is 5.26 Å². The number of aromatic hydroxyl groups is 1. The molecule has 1 N–H and O–H groups in total. The quantitative estimate of drug-likeness (QED) is 0.353. The van der Waals surface area contributed by atoms with Crippen molar-refractivity contribution in [3.63, 3.8) is 0 Å². The van der Waals surface area contributed by atoms with Crippen LogP contribution in [0.1, 0.15) is 40.1 Å². The molecule has 0 bridgehead atoms. The highest BCUT2D eigenvalue weighted by atomic mass is 79.9. The minimum absolute atomic E-state index is 0.00160. The zero-order chi connectivity index (χ0) is 21.8. The topological polar surface area (TPSA) is 87.4 Å². The highest BCUT2D eigenvalue weighted by Crippen LogP contribution is 2.37. The van der Waals surface area contributed by atoms with E-state index in [1.807, 2.05) is 6.07 Å². The molecule has 10 heteroatoms. The molecule has 2 aromatic carbocycles. The molecule has 0 saturated carbocycles. The van der Waals surface area contributed by atoms with E-state index in [1.165, 1.54) is 27.0 Å². The molecule has 0 amide bonds. The Bertz CT molecular complexity index is 1010. The average molecular weight is 556 g/mol. The summed E-state index contributed by atoms with van der Waals surface area (Å²) in [6.45, 7) is 2.67. The number of hydrogen-bond donors (Lipinski definition) is 1. The SMILES string of the molecule is CC(=O)c1cc(Cl)c(F)c(Br)c1O.COc1c(C(C)=O)cc(Cl)c(C#N)c1Br. The number of nitrogens with zero attached hydrogens (tertiary/aromatic N) is 1. The van der Waals surface area contributed by atoms with Gasteiger partial charge in [0, 0.05) is 0 Å². The highest BCUT2D eigenvalue weighted by Gasteiger charge is 2.18. The van der Waals surface area contributed by atoms with Crippen LogP contribution in [0.2, 0.25) is 10.0 Å². The van der Waals surface area contributed by atoms with Gasteiger partial charge in [-0.1, -0.05) is 23.2 Å². The van der Waals surface area contributed by atoms with E-state index in [0.717, 1.165) is 6.07 Å². The number of benzene rings is 2. The smallest absolute Gasteiger partial charge is 0.163 e. The second kappa shape index (κ2) is 10.2. The first kappa shape index (κ1) is 24.4. The molecule has 2 aromatic rings. The van der Waals surface area contributed by atoms with Crippen LogP contribution in [0.25, 0.3) is 0 Å². The summed E-state index contributed by atoms with van der Waals surface area (Å²) in [5.41, 5.74) is 0.616. The van der Waals surface area contributed by atoms with Crippen molar-refractivity contribution in [2.24, 2.45) is 0 Å². The molecule has 0 aliphatic carbocycles. The summed E-state index contributed by atoms with van der Waals surface area (Å²) in [6, 6.07) is 4.47. The van der Waals surface area contributed by atoms with E-state index in [4.69, 9.17) is 33.2 Å². The fourth-order valence-electron chi connectivity index (χ4n) is 2.02. The molecule has 0 aliphatic rings. The van der Waals surface area contributed by atoms with Crippen molar-refractivity contribution in [3.8, 4) is 17.6 Å². The van der Waals surface area contributed by atoms with Gasteiger partial charge in [-0.2, -0.15) is 5.26 Å². The van der Waals surface area contributed by atoms with Gasteiger partial charge in [0.1, 0.15) is 17.6 Å². The Kier molecular flexibility index (Phi) is 8.89. The van der Waals surface area contributed by atoms with Gasteiger partial charge in [0.25, 0.3) is 0 Å². The minimum Gasteiger partial charge on any atom is -0.506 e. The van der Waals surface area contributed by atoms with Crippen LogP contribution in [0.4, 0.5) is 4.39 Å². The first-order chi connectivity index (χ1) is 13.0. The summed E-state index contributed by atoms with van der Waals surface area (Å²) in [5, 5.41) is 18.2. The number of methoxy groups -OCH3 is 1. The molecule has 0 spiro atoms. The van der Waals surface area contributed by atoms with E-state index >= 15 is 0 Å². The number of phenolic OH excluding ortho intramolecular Hbond substituents is 1. The zero-order valence-corrected chi connectivity index (χ0v) is 19.3. The lowest BCUT2D eigenvalue weighted by atomic mass is 10.1. The molecule has 148 valence electrons. The monoisotopic (exact) mass is 553 g/mol. The van der Waals surface area contributed by atoms with Crippen LogP contribution in [0.5, 0.6) is 11.5 Å². The van der Waals surface area contributed by atoms with Gasteiger partial charge in [0.05, 0.1) is 42.8 Å². The number of hydrogen-bond acceptors (Lipinski definition) is 5. The van der Waals surface area contributed by atoms with Crippen LogP contribution in [0.15, 0.2) is 21.1 Å². The third-order valence-corrected chi connectivity index (χ3v) is 5.44. The standard InChI is InChI=1S/C10H7BrClNO2.C8H5BrClFO2/c1-5(14)6-3-8(12)7(4-13)9(11)10(6)15-2;1-3(12)4-2-5(10)7(11)6(9)8(4)13/h3H,1-2H3;2,13H,1H3. The number of ketones is 2. The first-order valence-electron chi connectivity index (χ1n) is 7.32. The van der Waals surface area contributed by atoms with Crippen LogP contribution in [0.3, 0.4) is 0 Å². The first-order valence-corrected chi connectivity index (χ1v) is 9.66. The highest BCUT2D eigenvalue weighted by molar-refractivity contribution is 9.11. The molecule has 0 heterocycles. The van der Waals surface area contributed by atoms with E-state index in [2.05, 4.69) is 31.9 Å². The van der Waals surface area contributed by atoms with Crippen molar-refractivity contribution < 1.29 is 23.8 Å². The van der Waals surface area contributed by atoms with Crippen molar-refractivity contribution in [2.45, 2.75) is 13.8 Å². The van der Waals surface area contributed by atoms with E-state index in [0.29, 0.717) is 15.8 Å². The zero-order valence-electron chi connectivity index (χ0n) is 14.7. The molecule has 2 rings (SSSR count). The Hall–Kier alpha value is -1.66. The third kappa shape index (κ3) is 5.23. The Labute approximate surface area is 187 Å². The number of Topliss-reactive ketones (excluding diaryl/α,β-unsaturated/α-hetero) is 2. The molecule has 0 radical (unpaired) electrons. The van der Waals surface area contributed by atoms with Gasteiger partial charge in [-0.15, -0.1) is 0 Å². The van der Waals surface area contributed by atoms with Gasteiger partial charge < -0.3 is 9.84 Å². The molecule has 0 unspecified atom stereocenters. The average Bonchev–Trinajstić information content (AvgIpc) is 2.63. The maximum atomic E-state index is 13.0. The molecular weight excluding hydrogens is 544 g/mol. The molecular formula is C18H12Br2Cl2FNO4. The Morgan fingerprint density at radius 2 is 1.61 bits per heavy atom. The molecule has 0 aromatic heterocycles. The van der Waals surface area contributed by atoms with Crippen molar-refractivity contribution in [3.05, 3.63) is 53.6 Å². The van der Waals surface area contributed by atoms with Crippen molar-refractivity contribution in [2.75, 3.05) is 7.11 Å². The molecule has 5 nitrogen and oxygen atoms in total. The lowest BCUT2D eigenvalue weighted by Crippen LogP contribution is -2.00. The fraction of sp³-hybridized carbons (Fsp3) is 0.167. The van der Waals surface area contributed by atoms with Crippen LogP contribution in [0, 0.1) is 17.1 Å². The van der Waals surface area contributed by atoms with E-state index in [1.54, 1.807) is 0 Å². The van der Waals surface area contributed by atoms with E-state index in [9.17, 15) is 19.1 Å². The summed E-state index contributed by atoms with van der Waals surface area (Å²) in [4.78, 5) is 22.2. The molecule has 0 fully saturated rings.